The van der Waals surface area contributed by atoms with Crippen LogP contribution < -0.4 is 4.90 Å². The highest BCUT2D eigenvalue weighted by atomic mass is 16.2. The van der Waals surface area contributed by atoms with Crippen molar-refractivity contribution in [3.05, 3.63) is 65.7 Å². The first-order chi connectivity index (χ1) is 15.6. The maximum Gasteiger partial charge on any atom is 0.253 e. The molecule has 32 heavy (non-hydrogen) atoms. The molecule has 2 atom stereocenters. The molecule has 0 unspecified atom stereocenters. The van der Waals surface area contributed by atoms with Crippen molar-refractivity contribution in [2.45, 2.75) is 32.2 Å². The minimum Gasteiger partial charge on any atom is -0.336 e. The number of amides is 3. The molecule has 2 heterocycles. The van der Waals surface area contributed by atoms with Crippen molar-refractivity contribution in [2.75, 3.05) is 31.1 Å². The van der Waals surface area contributed by atoms with E-state index in [0.29, 0.717) is 24.3 Å². The Labute approximate surface area is 188 Å². The molecular weight excluding hydrogens is 402 g/mol. The lowest BCUT2D eigenvalue weighted by Gasteiger charge is -2.34. The van der Waals surface area contributed by atoms with Gasteiger partial charge in [0.15, 0.2) is 0 Å². The van der Waals surface area contributed by atoms with Gasteiger partial charge in [-0.05, 0) is 42.7 Å². The third-order valence-electron chi connectivity index (χ3n) is 7.12. The third-order valence-corrected chi connectivity index (χ3v) is 7.12. The molecular formula is C26H29N3O3. The SMILES string of the molecule is O=C(c1ccc(N2C(=O)[C@H]3CCCC[C@H]3C2=O)cc1)N1CCN(Cc2ccccc2)CC1. The summed E-state index contributed by atoms with van der Waals surface area (Å²) < 4.78 is 0. The zero-order valence-corrected chi connectivity index (χ0v) is 18.3. The van der Waals surface area contributed by atoms with Gasteiger partial charge in [-0.15, -0.1) is 0 Å². The Morgan fingerprint density at radius 1 is 0.781 bits per heavy atom. The lowest BCUT2D eigenvalue weighted by Crippen LogP contribution is -2.48. The lowest BCUT2D eigenvalue weighted by atomic mass is 9.81. The first-order valence-electron chi connectivity index (χ1n) is 11.7. The van der Waals surface area contributed by atoms with Crippen LogP contribution in [0, 0.1) is 11.8 Å². The van der Waals surface area contributed by atoms with Crippen molar-refractivity contribution in [2.24, 2.45) is 11.8 Å². The fourth-order valence-electron chi connectivity index (χ4n) is 5.30. The normalized spacial score (nSPS) is 24.0. The molecule has 0 radical (unpaired) electrons. The van der Waals surface area contributed by atoms with E-state index < -0.39 is 0 Å². The molecule has 2 aromatic rings. The summed E-state index contributed by atoms with van der Waals surface area (Å²) in [5, 5.41) is 0. The highest BCUT2D eigenvalue weighted by Gasteiger charge is 2.48. The largest absolute Gasteiger partial charge is 0.336 e. The van der Waals surface area contributed by atoms with Gasteiger partial charge in [-0.3, -0.25) is 24.2 Å². The number of benzene rings is 2. The standard InChI is InChI=1S/C26H29N3O3/c30-24(28-16-14-27(15-17-28)18-19-6-2-1-3-7-19)20-10-12-21(13-11-20)29-25(31)22-8-4-5-9-23(22)26(29)32/h1-3,6-7,10-13,22-23H,4-5,8-9,14-18H2/t22-,23+. The van der Waals surface area contributed by atoms with Crippen LogP contribution in [0.15, 0.2) is 54.6 Å². The molecule has 3 amide bonds. The van der Waals surface area contributed by atoms with Crippen LogP contribution in [0.25, 0.3) is 0 Å². The Hall–Kier alpha value is -2.99. The van der Waals surface area contributed by atoms with Gasteiger partial charge in [0.2, 0.25) is 11.8 Å². The Bertz CT molecular complexity index is 973. The van der Waals surface area contributed by atoms with Crippen molar-refractivity contribution < 1.29 is 14.4 Å². The zero-order chi connectivity index (χ0) is 22.1. The van der Waals surface area contributed by atoms with Crippen LogP contribution in [-0.4, -0.2) is 53.7 Å². The van der Waals surface area contributed by atoms with Crippen LogP contribution in [0.2, 0.25) is 0 Å². The minimum absolute atomic E-state index is 0.00338. The van der Waals surface area contributed by atoms with E-state index in [9.17, 15) is 14.4 Å². The van der Waals surface area contributed by atoms with Crippen molar-refractivity contribution in [3.63, 3.8) is 0 Å². The fraction of sp³-hybridized carbons (Fsp3) is 0.423. The number of imide groups is 1. The Kier molecular flexibility index (Phi) is 5.79. The Morgan fingerprint density at radius 2 is 1.38 bits per heavy atom. The van der Waals surface area contributed by atoms with E-state index in [1.54, 1.807) is 24.3 Å². The monoisotopic (exact) mass is 431 g/mol. The van der Waals surface area contributed by atoms with Gasteiger partial charge in [0.05, 0.1) is 17.5 Å². The van der Waals surface area contributed by atoms with E-state index in [1.807, 2.05) is 11.0 Å². The molecule has 0 bridgehead atoms. The maximum atomic E-state index is 13.0. The third kappa shape index (κ3) is 3.95. The Balaban J connectivity index is 1.21. The zero-order valence-electron chi connectivity index (χ0n) is 18.3. The molecule has 1 aliphatic carbocycles. The van der Waals surface area contributed by atoms with E-state index in [1.165, 1.54) is 10.5 Å². The molecule has 166 valence electrons. The number of carbonyl (C=O) groups excluding carboxylic acids is 3. The quantitative estimate of drug-likeness (QED) is 0.697. The van der Waals surface area contributed by atoms with Gasteiger partial charge < -0.3 is 4.90 Å². The first kappa shape index (κ1) is 20.9. The molecule has 1 saturated carbocycles. The average molecular weight is 432 g/mol. The van der Waals surface area contributed by atoms with Crippen LogP contribution in [0.4, 0.5) is 5.69 Å². The summed E-state index contributed by atoms with van der Waals surface area (Å²) in [6.45, 7) is 3.98. The number of carbonyl (C=O) groups is 3. The summed E-state index contributed by atoms with van der Waals surface area (Å²) in [6, 6.07) is 17.4. The van der Waals surface area contributed by atoms with E-state index in [0.717, 1.165) is 45.3 Å². The molecule has 2 aliphatic heterocycles. The summed E-state index contributed by atoms with van der Waals surface area (Å²) in [6.07, 6.45) is 3.64. The van der Waals surface area contributed by atoms with Crippen LogP contribution in [-0.2, 0) is 16.1 Å². The highest BCUT2D eigenvalue weighted by Crippen LogP contribution is 2.40. The first-order valence-corrected chi connectivity index (χ1v) is 11.7. The number of hydrogen-bond donors (Lipinski definition) is 0. The van der Waals surface area contributed by atoms with Gasteiger partial charge in [-0.2, -0.15) is 0 Å². The number of fused-ring (bicyclic) bond motifs is 1. The van der Waals surface area contributed by atoms with E-state index in [2.05, 4.69) is 29.2 Å². The van der Waals surface area contributed by atoms with Gasteiger partial charge in [0, 0.05) is 38.3 Å². The summed E-state index contributed by atoms with van der Waals surface area (Å²) in [7, 11) is 0. The van der Waals surface area contributed by atoms with Gasteiger partial charge >= 0.3 is 0 Å². The van der Waals surface area contributed by atoms with Gasteiger partial charge in [-0.1, -0.05) is 43.2 Å². The molecule has 6 nitrogen and oxygen atoms in total. The number of piperazine rings is 1. The second kappa shape index (κ2) is 8.87. The molecule has 5 rings (SSSR count). The highest BCUT2D eigenvalue weighted by molar-refractivity contribution is 6.22. The summed E-state index contributed by atoms with van der Waals surface area (Å²) in [4.78, 5) is 44.2. The lowest BCUT2D eigenvalue weighted by molar-refractivity contribution is -0.122. The predicted octanol–water partition coefficient (Wildman–Crippen LogP) is 3.32. The van der Waals surface area contributed by atoms with Crippen LogP contribution >= 0.6 is 0 Å². The van der Waals surface area contributed by atoms with Crippen molar-refractivity contribution in [1.29, 1.82) is 0 Å². The van der Waals surface area contributed by atoms with Gasteiger partial charge in [0.1, 0.15) is 0 Å². The molecule has 3 fully saturated rings. The van der Waals surface area contributed by atoms with Crippen molar-refractivity contribution >= 4 is 23.4 Å². The van der Waals surface area contributed by atoms with E-state index in [-0.39, 0.29) is 29.6 Å². The smallest absolute Gasteiger partial charge is 0.253 e. The second-order valence-electron chi connectivity index (χ2n) is 9.11. The van der Waals surface area contributed by atoms with Crippen LogP contribution in [0.1, 0.15) is 41.6 Å². The fourth-order valence-corrected chi connectivity index (χ4v) is 5.30. The number of hydrogen-bond acceptors (Lipinski definition) is 4. The average Bonchev–Trinajstić information content (AvgIpc) is 3.10. The van der Waals surface area contributed by atoms with Crippen LogP contribution in [0.5, 0.6) is 0 Å². The molecule has 3 aliphatic rings. The van der Waals surface area contributed by atoms with E-state index >= 15 is 0 Å². The molecule has 0 aromatic heterocycles. The van der Waals surface area contributed by atoms with Gasteiger partial charge in [0.25, 0.3) is 5.91 Å². The summed E-state index contributed by atoms with van der Waals surface area (Å²) >= 11 is 0. The topological polar surface area (TPSA) is 60.9 Å². The van der Waals surface area contributed by atoms with Crippen LogP contribution in [0.3, 0.4) is 0 Å². The maximum absolute atomic E-state index is 13.0. The second-order valence-corrected chi connectivity index (χ2v) is 9.11. The Morgan fingerprint density at radius 3 is 1.97 bits per heavy atom. The summed E-state index contributed by atoms with van der Waals surface area (Å²) in [5.74, 6) is -0.472. The summed E-state index contributed by atoms with van der Waals surface area (Å²) in [5.41, 5.74) is 2.47. The number of rotatable bonds is 4. The molecule has 2 saturated heterocycles. The minimum atomic E-state index is -0.162. The molecule has 6 heteroatoms. The predicted molar refractivity (Wildman–Crippen MR) is 122 cm³/mol. The molecule has 0 spiro atoms. The van der Waals surface area contributed by atoms with Crippen molar-refractivity contribution in [1.82, 2.24) is 9.80 Å². The van der Waals surface area contributed by atoms with Crippen molar-refractivity contribution in [3.8, 4) is 0 Å². The van der Waals surface area contributed by atoms with E-state index in [4.69, 9.17) is 0 Å². The molecule has 0 N–H and O–H groups in total. The number of anilines is 1. The number of nitrogens with zero attached hydrogens (tertiary/aromatic N) is 3. The molecule has 2 aromatic carbocycles. The van der Waals surface area contributed by atoms with Gasteiger partial charge in [-0.25, -0.2) is 0 Å².